The van der Waals surface area contributed by atoms with Crippen molar-refractivity contribution in [3.05, 3.63) is 17.3 Å². The Balaban J connectivity index is 2.46. The van der Waals surface area contributed by atoms with Gasteiger partial charge in [-0.2, -0.15) is 0 Å². The molecule has 0 saturated heterocycles. The Morgan fingerprint density at radius 3 is 2.43 bits per heavy atom. The van der Waals surface area contributed by atoms with Crippen molar-refractivity contribution in [1.82, 2.24) is 15.6 Å². The lowest BCUT2D eigenvalue weighted by atomic mass is 10.1. The first-order valence-electron chi connectivity index (χ1n) is 6.21. The molecular formula is C12H17N3O6. The van der Waals surface area contributed by atoms with Gasteiger partial charge in [-0.15, -0.1) is 0 Å². The number of carboxylic acids is 2. The van der Waals surface area contributed by atoms with Crippen LogP contribution in [0.5, 0.6) is 0 Å². The fourth-order valence-corrected chi connectivity index (χ4v) is 1.51. The van der Waals surface area contributed by atoms with Crippen LogP contribution < -0.4 is 10.6 Å². The molecule has 9 nitrogen and oxygen atoms in total. The highest BCUT2D eigenvalue weighted by Crippen LogP contribution is 2.07. The Kier molecular flexibility index (Phi) is 5.70. The maximum atomic E-state index is 11.6. The average Bonchev–Trinajstić information content (AvgIpc) is 2.71. The summed E-state index contributed by atoms with van der Waals surface area (Å²) >= 11 is 0. The van der Waals surface area contributed by atoms with Gasteiger partial charge in [0.2, 0.25) is 5.89 Å². The van der Waals surface area contributed by atoms with Crippen molar-refractivity contribution in [3.63, 3.8) is 0 Å². The van der Waals surface area contributed by atoms with Gasteiger partial charge in [-0.1, -0.05) is 0 Å². The summed E-state index contributed by atoms with van der Waals surface area (Å²) in [6.45, 7) is 3.50. The van der Waals surface area contributed by atoms with Crippen molar-refractivity contribution < 1.29 is 29.0 Å². The smallest absolute Gasteiger partial charge is 0.326 e. The first-order chi connectivity index (χ1) is 9.79. The van der Waals surface area contributed by atoms with E-state index in [1.165, 1.54) is 0 Å². The van der Waals surface area contributed by atoms with E-state index in [4.69, 9.17) is 14.6 Å². The molecule has 0 spiro atoms. The van der Waals surface area contributed by atoms with Gasteiger partial charge in [0.25, 0.3) is 0 Å². The topological polar surface area (TPSA) is 142 Å². The lowest BCUT2D eigenvalue weighted by Gasteiger charge is -2.13. The molecule has 1 atom stereocenters. The number of carboxylic acid groups (broad SMARTS) is 2. The molecule has 0 fully saturated rings. The summed E-state index contributed by atoms with van der Waals surface area (Å²) in [6, 6.07) is -2.00. The first kappa shape index (κ1) is 16.5. The van der Waals surface area contributed by atoms with Crippen molar-refractivity contribution in [2.24, 2.45) is 0 Å². The van der Waals surface area contributed by atoms with Gasteiger partial charge in [-0.05, 0) is 20.3 Å². The van der Waals surface area contributed by atoms with Crippen LogP contribution in [0.15, 0.2) is 4.42 Å². The van der Waals surface area contributed by atoms with Crippen LogP contribution >= 0.6 is 0 Å². The lowest BCUT2D eigenvalue weighted by molar-refractivity contribution is -0.140. The SMILES string of the molecule is Cc1nc(CNC(=O)NC(CCC(=O)O)C(=O)O)oc1C. The van der Waals surface area contributed by atoms with Crippen LogP contribution in [0.4, 0.5) is 4.79 Å². The molecule has 0 aliphatic rings. The monoisotopic (exact) mass is 299 g/mol. The van der Waals surface area contributed by atoms with E-state index in [9.17, 15) is 14.4 Å². The van der Waals surface area contributed by atoms with Crippen LogP contribution in [0, 0.1) is 13.8 Å². The second kappa shape index (κ2) is 7.27. The van der Waals surface area contributed by atoms with Crippen molar-refractivity contribution in [2.45, 2.75) is 39.3 Å². The molecule has 116 valence electrons. The van der Waals surface area contributed by atoms with Crippen LogP contribution in [0.3, 0.4) is 0 Å². The molecule has 0 aliphatic carbocycles. The quantitative estimate of drug-likeness (QED) is 0.571. The van der Waals surface area contributed by atoms with Gasteiger partial charge in [-0.25, -0.2) is 14.6 Å². The van der Waals surface area contributed by atoms with E-state index in [2.05, 4.69) is 15.6 Å². The van der Waals surface area contributed by atoms with Gasteiger partial charge in [0.05, 0.1) is 12.2 Å². The third kappa shape index (κ3) is 5.51. The lowest BCUT2D eigenvalue weighted by Crippen LogP contribution is -2.46. The number of hydrogen-bond acceptors (Lipinski definition) is 5. The molecule has 0 radical (unpaired) electrons. The second-order valence-electron chi connectivity index (χ2n) is 4.40. The summed E-state index contributed by atoms with van der Waals surface area (Å²) in [5, 5.41) is 22.0. The second-order valence-corrected chi connectivity index (χ2v) is 4.40. The molecule has 4 N–H and O–H groups in total. The van der Waals surface area contributed by atoms with E-state index in [1.54, 1.807) is 13.8 Å². The van der Waals surface area contributed by atoms with E-state index < -0.39 is 24.0 Å². The molecule has 0 aromatic carbocycles. The molecular weight excluding hydrogens is 282 g/mol. The van der Waals surface area contributed by atoms with E-state index >= 15 is 0 Å². The molecule has 1 aromatic rings. The molecule has 9 heteroatoms. The summed E-state index contributed by atoms with van der Waals surface area (Å²) in [5.74, 6) is -1.49. The zero-order valence-electron chi connectivity index (χ0n) is 11.7. The summed E-state index contributed by atoms with van der Waals surface area (Å²) in [7, 11) is 0. The molecule has 0 saturated carbocycles. The molecule has 0 aliphatic heterocycles. The summed E-state index contributed by atoms with van der Waals surface area (Å²) in [4.78, 5) is 36.9. The zero-order chi connectivity index (χ0) is 16.0. The molecule has 1 heterocycles. The largest absolute Gasteiger partial charge is 0.481 e. The number of urea groups is 1. The fraction of sp³-hybridized carbons (Fsp3) is 0.500. The highest BCUT2D eigenvalue weighted by atomic mass is 16.4. The number of aliphatic carboxylic acids is 2. The van der Waals surface area contributed by atoms with Gasteiger partial charge in [0.15, 0.2) is 0 Å². The molecule has 1 aromatic heterocycles. The number of carbonyl (C=O) groups excluding carboxylic acids is 1. The number of oxazole rings is 1. The van der Waals surface area contributed by atoms with Crippen LogP contribution in [0.2, 0.25) is 0 Å². The van der Waals surface area contributed by atoms with Gasteiger partial charge in [0.1, 0.15) is 11.8 Å². The Hall–Kier alpha value is -2.58. The van der Waals surface area contributed by atoms with Gasteiger partial charge >= 0.3 is 18.0 Å². The van der Waals surface area contributed by atoms with E-state index in [1.807, 2.05) is 0 Å². The molecule has 2 amide bonds. The third-order valence-corrected chi connectivity index (χ3v) is 2.72. The number of hydrogen-bond donors (Lipinski definition) is 4. The predicted molar refractivity (Wildman–Crippen MR) is 69.6 cm³/mol. The van der Waals surface area contributed by atoms with Crippen LogP contribution in [-0.4, -0.2) is 39.2 Å². The van der Waals surface area contributed by atoms with Crippen molar-refractivity contribution in [1.29, 1.82) is 0 Å². The Morgan fingerprint density at radius 2 is 1.95 bits per heavy atom. The van der Waals surface area contributed by atoms with Gasteiger partial charge in [0, 0.05) is 6.42 Å². The Morgan fingerprint density at radius 1 is 1.29 bits per heavy atom. The van der Waals surface area contributed by atoms with Crippen molar-refractivity contribution >= 4 is 18.0 Å². The third-order valence-electron chi connectivity index (χ3n) is 2.72. The highest BCUT2D eigenvalue weighted by molar-refractivity contribution is 5.82. The van der Waals surface area contributed by atoms with Crippen LogP contribution in [0.25, 0.3) is 0 Å². The molecule has 1 rings (SSSR count). The van der Waals surface area contributed by atoms with Crippen molar-refractivity contribution in [3.8, 4) is 0 Å². The normalized spacial score (nSPS) is 11.7. The minimum atomic E-state index is -1.30. The predicted octanol–water partition coefficient (Wildman–Crippen LogP) is 0.409. The Bertz CT molecular complexity index is 520. The number of nitrogens with zero attached hydrogens (tertiary/aromatic N) is 1. The minimum absolute atomic E-state index is 0.00574. The molecule has 0 bridgehead atoms. The number of amides is 2. The summed E-state index contributed by atoms with van der Waals surface area (Å²) < 4.78 is 5.25. The van der Waals surface area contributed by atoms with Gasteiger partial charge in [-0.3, -0.25) is 4.79 Å². The maximum absolute atomic E-state index is 11.6. The fourth-order valence-electron chi connectivity index (χ4n) is 1.51. The van der Waals surface area contributed by atoms with Crippen molar-refractivity contribution in [2.75, 3.05) is 0 Å². The van der Waals surface area contributed by atoms with E-state index in [0.717, 1.165) is 0 Å². The number of nitrogens with one attached hydrogen (secondary N) is 2. The zero-order valence-corrected chi connectivity index (χ0v) is 11.7. The summed E-state index contributed by atoms with van der Waals surface area (Å²) in [6.07, 6.45) is -0.551. The number of aryl methyl sites for hydroxylation is 2. The number of carbonyl (C=O) groups is 3. The molecule has 1 unspecified atom stereocenters. The Labute approximate surface area is 120 Å². The maximum Gasteiger partial charge on any atom is 0.326 e. The standard InChI is InChI=1S/C12H17N3O6/c1-6-7(2)21-9(14-6)5-13-12(20)15-8(11(18)19)3-4-10(16)17/h8H,3-5H2,1-2H3,(H,16,17)(H,18,19)(H2,13,15,20). The highest BCUT2D eigenvalue weighted by Gasteiger charge is 2.21. The summed E-state index contributed by atoms with van der Waals surface area (Å²) in [5.41, 5.74) is 0.706. The van der Waals surface area contributed by atoms with Crippen LogP contribution in [0.1, 0.15) is 30.2 Å². The van der Waals surface area contributed by atoms with Gasteiger partial charge < -0.3 is 25.3 Å². The number of aromatic nitrogens is 1. The van der Waals surface area contributed by atoms with E-state index in [0.29, 0.717) is 17.3 Å². The minimum Gasteiger partial charge on any atom is -0.481 e. The average molecular weight is 299 g/mol. The van der Waals surface area contributed by atoms with Crippen LogP contribution in [-0.2, 0) is 16.1 Å². The van der Waals surface area contributed by atoms with E-state index in [-0.39, 0.29) is 19.4 Å². The molecule has 21 heavy (non-hydrogen) atoms. The number of rotatable bonds is 7. The first-order valence-corrected chi connectivity index (χ1v) is 6.21.